The fourth-order valence-electron chi connectivity index (χ4n) is 4.34. The van der Waals surface area contributed by atoms with Crippen LogP contribution in [0.5, 0.6) is 5.75 Å². The lowest BCUT2D eigenvalue weighted by Gasteiger charge is -2.25. The van der Waals surface area contributed by atoms with Crippen molar-refractivity contribution in [1.82, 2.24) is 0 Å². The van der Waals surface area contributed by atoms with E-state index in [1.807, 2.05) is 0 Å². The Balaban J connectivity index is 1.90. The van der Waals surface area contributed by atoms with Crippen LogP contribution in [-0.4, -0.2) is 12.4 Å². The smallest absolute Gasteiger partial charge is 0.189 e. The van der Waals surface area contributed by atoms with Gasteiger partial charge in [0.15, 0.2) is 6.79 Å². The maximum Gasteiger partial charge on any atom is 0.189 e. The Morgan fingerprint density at radius 3 is 1.75 bits per heavy atom. The third-order valence-corrected chi connectivity index (χ3v) is 5.58. The second-order valence-corrected chi connectivity index (χ2v) is 8.75. The monoisotopic (exact) mass is 330 g/mol. The molecule has 134 valence electrons. The van der Waals surface area contributed by atoms with Gasteiger partial charge in [0.05, 0.1) is 5.60 Å². The zero-order valence-corrected chi connectivity index (χ0v) is 16.0. The summed E-state index contributed by atoms with van der Waals surface area (Å²) >= 11 is 0. The Morgan fingerprint density at radius 2 is 1.33 bits per heavy atom. The van der Waals surface area contributed by atoms with Crippen molar-refractivity contribution in [1.29, 1.82) is 0 Å². The van der Waals surface area contributed by atoms with Crippen LogP contribution in [0.3, 0.4) is 0 Å². The summed E-state index contributed by atoms with van der Waals surface area (Å²) in [5, 5.41) is 0. The molecule has 2 heteroatoms. The Hall–Kier alpha value is -1.02. The van der Waals surface area contributed by atoms with Crippen molar-refractivity contribution in [2.75, 3.05) is 6.79 Å². The molecule has 0 amide bonds. The molecule has 2 saturated carbocycles. The SMILES string of the molecule is Cc1cc(C2CCCC2)c(OCOC(C)(C)C)c(C2CCCC2)c1. The molecule has 0 N–H and O–H groups in total. The molecular formula is C22H34O2. The van der Waals surface area contributed by atoms with Gasteiger partial charge in [0.25, 0.3) is 0 Å². The fraction of sp³-hybridized carbons (Fsp3) is 0.727. The first-order chi connectivity index (χ1) is 11.4. The standard InChI is InChI=1S/C22H34O2/c1-16-13-19(17-9-5-6-10-17)21(23-15-24-22(2,3)4)20(14-16)18-11-7-8-12-18/h13-14,17-18H,5-12,15H2,1-4H3. The second-order valence-electron chi connectivity index (χ2n) is 8.75. The first-order valence-corrected chi connectivity index (χ1v) is 9.85. The van der Waals surface area contributed by atoms with E-state index in [4.69, 9.17) is 9.47 Å². The summed E-state index contributed by atoms with van der Waals surface area (Å²) < 4.78 is 12.2. The number of hydrogen-bond donors (Lipinski definition) is 0. The Bertz CT molecular complexity index is 507. The Kier molecular flexibility index (Phi) is 5.54. The third-order valence-electron chi connectivity index (χ3n) is 5.58. The predicted octanol–water partition coefficient (Wildman–Crippen LogP) is 6.46. The summed E-state index contributed by atoms with van der Waals surface area (Å²) in [5.41, 5.74) is 4.13. The molecule has 0 saturated heterocycles. The Morgan fingerprint density at radius 1 is 0.875 bits per heavy atom. The maximum atomic E-state index is 6.30. The van der Waals surface area contributed by atoms with Gasteiger partial charge >= 0.3 is 0 Å². The van der Waals surface area contributed by atoms with E-state index in [1.54, 1.807) is 0 Å². The van der Waals surface area contributed by atoms with Crippen molar-refractivity contribution in [2.45, 2.75) is 96.5 Å². The average molecular weight is 331 g/mol. The summed E-state index contributed by atoms with van der Waals surface area (Å²) in [6, 6.07) is 4.75. The van der Waals surface area contributed by atoms with Crippen molar-refractivity contribution >= 4 is 0 Å². The number of ether oxygens (including phenoxy) is 2. The molecule has 24 heavy (non-hydrogen) atoms. The molecule has 0 atom stereocenters. The van der Waals surface area contributed by atoms with Crippen LogP contribution >= 0.6 is 0 Å². The quantitative estimate of drug-likeness (QED) is 0.577. The van der Waals surface area contributed by atoms with Gasteiger partial charge in [0.2, 0.25) is 0 Å². The lowest BCUT2D eigenvalue weighted by molar-refractivity contribution is -0.0765. The molecule has 0 heterocycles. The molecule has 2 aliphatic rings. The van der Waals surface area contributed by atoms with Crippen LogP contribution in [0.4, 0.5) is 0 Å². The van der Waals surface area contributed by atoms with E-state index >= 15 is 0 Å². The molecule has 0 radical (unpaired) electrons. The first-order valence-electron chi connectivity index (χ1n) is 9.85. The van der Waals surface area contributed by atoms with Crippen LogP contribution < -0.4 is 4.74 Å². The third kappa shape index (κ3) is 4.33. The van der Waals surface area contributed by atoms with Crippen molar-refractivity contribution in [2.24, 2.45) is 0 Å². The number of aryl methyl sites for hydroxylation is 1. The molecule has 0 unspecified atom stereocenters. The van der Waals surface area contributed by atoms with E-state index in [0.29, 0.717) is 18.6 Å². The first kappa shape index (κ1) is 17.8. The van der Waals surface area contributed by atoms with E-state index in [-0.39, 0.29) is 5.60 Å². The molecule has 1 aromatic rings. The minimum atomic E-state index is -0.161. The average Bonchev–Trinajstić information content (AvgIpc) is 3.20. The van der Waals surface area contributed by atoms with Crippen LogP contribution in [0.25, 0.3) is 0 Å². The number of rotatable bonds is 5. The summed E-state index contributed by atoms with van der Waals surface area (Å²) in [6.45, 7) is 8.85. The summed E-state index contributed by atoms with van der Waals surface area (Å²) in [7, 11) is 0. The van der Waals surface area contributed by atoms with Crippen LogP contribution in [0.1, 0.15) is 101 Å². The van der Waals surface area contributed by atoms with E-state index in [2.05, 4.69) is 39.8 Å². The molecule has 2 aliphatic carbocycles. The van der Waals surface area contributed by atoms with Crippen molar-refractivity contribution in [3.63, 3.8) is 0 Å². The lowest BCUT2D eigenvalue weighted by atomic mass is 9.87. The van der Waals surface area contributed by atoms with E-state index in [1.165, 1.54) is 68.1 Å². The topological polar surface area (TPSA) is 18.5 Å². The molecule has 3 rings (SSSR count). The van der Waals surface area contributed by atoms with Crippen molar-refractivity contribution in [3.8, 4) is 5.75 Å². The maximum absolute atomic E-state index is 6.30. The van der Waals surface area contributed by atoms with Gasteiger partial charge in [-0.05, 0) is 76.3 Å². The minimum absolute atomic E-state index is 0.161. The van der Waals surface area contributed by atoms with Gasteiger partial charge in [-0.15, -0.1) is 0 Å². The van der Waals surface area contributed by atoms with Gasteiger partial charge in [-0.3, -0.25) is 0 Å². The highest BCUT2D eigenvalue weighted by atomic mass is 16.7. The van der Waals surface area contributed by atoms with Gasteiger partial charge in [-0.2, -0.15) is 0 Å². The molecule has 2 nitrogen and oxygen atoms in total. The highest BCUT2D eigenvalue weighted by Gasteiger charge is 2.27. The molecule has 2 fully saturated rings. The van der Waals surface area contributed by atoms with E-state index < -0.39 is 0 Å². The predicted molar refractivity (Wildman–Crippen MR) is 99.9 cm³/mol. The van der Waals surface area contributed by atoms with E-state index in [0.717, 1.165) is 5.75 Å². The molecule has 1 aromatic carbocycles. The number of benzene rings is 1. The van der Waals surface area contributed by atoms with Crippen LogP contribution in [0.2, 0.25) is 0 Å². The normalized spacial score (nSPS) is 20.0. The van der Waals surface area contributed by atoms with Gasteiger partial charge < -0.3 is 9.47 Å². The van der Waals surface area contributed by atoms with Crippen LogP contribution in [0.15, 0.2) is 12.1 Å². The second kappa shape index (κ2) is 7.47. The molecule has 0 spiro atoms. The molecule has 0 bridgehead atoms. The largest absolute Gasteiger partial charge is 0.467 e. The van der Waals surface area contributed by atoms with Gasteiger partial charge in [0, 0.05) is 0 Å². The minimum Gasteiger partial charge on any atom is -0.467 e. The number of hydrogen-bond acceptors (Lipinski definition) is 2. The summed E-state index contributed by atoms with van der Waals surface area (Å²) in [6.07, 6.45) is 10.7. The molecule has 0 aliphatic heterocycles. The Labute approximate surface area is 147 Å². The highest BCUT2D eigenvalue weighted by Crippen LogP contribution is 2.46. The van der Waals surface area contributed by atoms with Crippen molar-refractivity contribution in [3.05, 3.63) is 28.8 Å². The van der Waals surface area contributed by atoms with Gasteiger partial charge in [0.1, 0.15) is 5.75 Å². The zero-order chi connectivity index (χ0) is 17.2. The molecule has 0 aromatic heterocycles. The van der Waals surface area contributed by atoms with Gasteiger partial charge in [-0.25, -0.2) is 0 Å². The van der Waals surface area contributed by atoms with Crippen molar-refractivity contribution < 1.29 is 9.47 Å². The summed E-state index contributed by atoms with van der Waals surface area (Å²) in [5.74, 6) is 2.51. The molecular weight excluding hydrogens is 296 g/mol. The fourth-order valence-corrected chi connectivity index (χ4v) is 4.34. The van der Waals surface area contributed by atoms with Crippen LogP contribution in [-0.2, 0) is 4.74 Å². The van der Waals surface area contributed by atoms with Gasteiger partial charge in [-0.1, -0.05) is 43.4 Å². The zero-order valence-electron chi connectivity index (χ0n) is 16.0. The highest BCUT2D eigenvalue weighted by molar-refractivity contribution is 5.48. The van der Waals surface area contributed by atoms with E-state index in [9.17, 15) is 0 Å². The summed E-state index contributed by atoms with van der Waals surface area (Å²) in [4.78, 5) is 0. The van der Waals surface area contributed by atoms with Crippen LogP contribution in [0, 0.1) is 6.92 Å². The lowest BCUT2D eigenvalue weighted by Crippen LogP contribution is -2.22.